The van der Waals surface area contributed by atoms with Crippen LogP contribution in [0.5, 0.6) is 0 Å². The Morgan fingerprint density at radius 3 is 1.50 bits per heavy atom. The predicted molar refractivity (Wildman–Crippen MR) is 266 cm³/mol. The van der Waals surface area contributed by atoms with Gasteiger partial charge in [-0.25, -0.2) is 9.59 Å². The number of nitrogens with one attached hydrogen (secondary N) is 5. The maximum absolute atomic E-state index is 13.3. The van der Waals surface area contributed by atoms with Gasteiger partial charge in [0.15, 0.2) is 0 Å². The molecule has 0 aliphatic heterocycles. The average molecular weight is 1030 g/mol. The van der Waals surface area contributed by atoms with Crippen molar-refractivity contribution in [2.45, 2.75) is 199 Å². The van der Waals surface area contributed by atoms with Crippen molar-refractivity contribution in [2.75, 3.05) is 72.5 Å². The Kier molecular flexibility index (Phi) is 30.7. The van der Waals surface area contributed by atoms with E-state index in [1.54, 1.807) is 20.8 Å². The lowest BCUT2D eigenvalue weighted by Gasteiger charge is -2.25. The number of hydrogen-bond donors (Lipinski definition) is 6. The molecule has 2 aliphatic rings. The highest BCUT2D eigenvalue weighted by Crippen LogP contribution is 2.50. The smallest absolute Gasteiger partial charge is 0.339 e. The summed E-state index contributed by atoms with van der Waals surface area (Å²) in [5.74, 6) is -3.39. The Morgan fingerprint density at radius 1 is 0.556 bits per heavy atom. The summed E-state index contributed by atoms with van der Waals surface area (Å²) < 4.78 is 32.6. The molecule has 4 unspecified atom stereocenters. The van der Waals surface area contributed by atoms with Gasteiger partial charge in [0.2, 0.25) is 34.1 Å². The first kappa shape index (κ1) is 63.6. The lowest BCUT2D eigenvalue weighted by Crippen LogP contribution is -2.48. The molecule has 0 bridgehead atoms. The van der Waals surface area contributed by atoms with E-state index in [9.17, 15) is 38.7 Å². The van der Waals surface area contributed by atoms with Crippen molar-refractivity contribution in [3.05, 3.63) is 0 Å². The van der Waals surface area contributed by atoms with Crippen LogP contribution >= 0.6 is 0 Å². The van der Waals surface area contributed by atoms with Gasteiger partial charge in [0.05, 0.1) is 39.6 Å². The fourth-order valence-electron chi connectivity index (χ4n) is 8.22. The lowest BCUT2D eigenvalue weighted by molar-refractivity contribution is -0.161. The number of carboxylic acids is 1. The summed E-state index contributed by atoms with van der Waals surface area (Å²) in [7, 11) is 0. The largest absolute Gasteiger partial charge is 0.479 e. The van der Waals surface area contributed by atoms with E-state index in [-0.39, 0.29) is 114 Å². The zero-order valence-corrected chi connectivity index (χ0v) is 44.4. The third-order valence-electron chi connectivity index (χ3n) is 12.2. The predicted octanol–water partition coefficient (Wildman–Crippen LogP) is 5.77. The summed E-state index contributed by atoms with van der Waals surface area (Å²) in [6.07, 6.45) is 18.3. The molecule has 4 amide bonds. The molecule has 0 heterocycles. The molecule has 21 heteroatoms. The third kappa shape index (κ3) is 29.2. The molecular formula is C51H90N7O14+. The molecule has 2 rings (SSSR count). The first-order valence-corrected chi connectivity index (χ1v) is 26.4. The minimum absolute atomic E-state index is 0.0556. The topological polar surface area (TPSA) is 294 Å². The van der Waals surface area contributed by atoms with Gasteiger partial charge in [-0.2, -0.15) is 0 Å². The van der Waals surface area contributed by atoms with E-state index in [0.29, 0.717) is 45.1 Å². The van der Waals surface area contributed by atoms with Crippen molar-refractivity contribution in [3.8, 4) is 0 Å². The molecule has 0 spiro atoms. The van der Waals surface area contributed by atoms with Crippen molar-refractivity contribution in [1.29, 1.82) is 5.53 Å². The summed E-state index contributed by atoms with van der Waals surface area (Å²) in [5, 5.41) is 23.9. The van der Waals surface area contributed by atoms with E-state index in [1.165, 1.54) is 44.9 Å². The number of nitrogens with zero attached hydrogens (tertiary/aromatic N) is 2. The second-order valence-corrected chi connectivity index (χ2v) is 21.0. The van der Waals surface area contributed by atoms with Crippen LogP contribution in [0.15, 0.2) is 5.11 Å². The minimum Gasteiger partial charge on any atom is -0.479 e. The number of amides is 4. The number of carboxylic acid groups (broad SMARTS) is 1. The average Bonchev–Trinajstić information content (AvgIpc) is 4.20. The molecule has 0 aromatic heterocycles. The fraction of sp³-hybridized carbons (Fsp3) is 0.863. The Balaban J connectivity index is 1.43. The van der Waals surface area contributed by atoms with Gasteiger partial charge >= 0.3 is 17.9 Å². The van der Waals surface area contributed by atoms with Crippen LogP contribution in [0.25, 0.3) is 0 Å². The Labute approximate surface area is 427 Å². The Morgan fingerprint density at radius 2 is 1.01 bits per heavy atom. The molecule has 21 nitrogen and oxygen atoms in total. The van der Waals surface area contributed by atoms with E-state index in [2.05, 4.69) is 31.3 Å². The Bertz CT molecular complexity index is 1710. The van der Waals surface area contributed by atoms with Crippen LogP contribution in [0, 0.1) is 17.4 Å². The van der Waals surface area contributed by atoms with Crippen molar-refractivity contribution >= 4 is 41.5 Å². The molecule has 0 aromatic rings. The van der Waals surface area contributed by atoms with Crippen LogP contribution in [-0.4, -0.2) is 141 Å². The highest BCUT2D eigenvalue weighted by atomic mass is 16.6. The van der Waals surface area contributed by atoms with E-state index in [1.807, 2.05) is 20.8 Å². The first-order valence-electron chi connectivity index (χ1n) is 26.4. The second-order valence-electron chi connectivity index (χ2n) is 21.0. The summed E-state index contributed by atoms with van der Waals surface area (Å²) in [4.78, 5) is 89.1. The standard InChI is InChI=1S/C51H89N7O14/c1-48(2,3)71-45(63)24-20-18-16-14-12-10-8-7-9-11-13-15-17-19-23-41(59)56-51(47(66)72-49(4,5)6)36-40(51)34-42(60)54-26-28-67-30-33-70-38-44(62)55-27-29-68-31-32-69-37-43(61)53-25-21-22-39-35-50(39,46(64)65)57-58-52/h39-40,52H,7-38H2,1-6H3,(H4-,53,54,55,56,59,60,61,62,64,65)/p+1. The molecule has 4 atom stereocenters. The molecular weight excluding hydrogens is 935 g/mol. The number of hydrogen-bond acceptors (Lipinski definition) is 15. The van der Waals surface area contributed by atoms with Gasteiger partial charge in [-0.3, -0.25) is 24.0 Å². The van der Waals surface area contributed by atoms with Crippen molar-refractivity contribution in [2.24, 2.45) is 17.0 Å². The normalized spacial score (nSPS) is 19.1. The summed E-state index contributed by atoms with van der Waals surface area (Å²) >= 11 is 0. The van der Waals surface area contributed by atoms with Crippen molar-refractivity contribution in [3.63, 3.8) is 0 Å². The SMILES string of the molecule is CC(C)(C)OC(=O)CCCCCCCCCCCCCCCCC(=O)NC1(C(=O)OC(C)(C)C)CC1CC(=O)NCCOCCOCC(=O)NCCOCCOCC(=O)NCCCC1CC1(N=[N+]=N)C(=O)O. The monoisotopic (exact) mass is 1020 g/mol. The highest BCUT2D eigenvalue weighted by molar-refractivity contribution is 5.93. The number of esters is 2. The second kappa shape index (κ2) is 34.8. The van der Waals surface area contributed by atoms with E-state index in [0.717, 1.165) is 44.9 Å². The zero-order chi connectivity index (χ0) is 53.3. The number of unbranched alkanes of at least 4 members (excludes halogenated alkanes) is 13. The fourth-order valence-corrected chi connectivity index (χ4v) is 8.22. The van der Waals surface area contributed by atoms with Crippen LogP contribution in [0.3, 0.4) is 0 Å². The summed E-state index contributed by atoms with van der Waals surface area (Å²) in [6.45, 7) is 12.8. The highest BCUT2D eigenvalue weighted by Gasteiger charge is 2.66. The van der Waals surface area contributed by atoms with Gasteiger partial charge < -0.3 is 54.8 Å². The molecule has 412 valence electrons. The van der Waals surface area contributed by atoms with Gasteiger partial charge in [-0.15, -0.1) is 0 Å². The van der Waals surface area contributed by atoms with Gasteiger partial charge in [-0.1, -0.05) is 77.0 Å². The number of aliphatic carboxylic acids is 1. The maximum Gasteiger partial charge on any atom is 0.339 e. The molecule has 0 radical (unpaired) electrons. The zero-order valence-electron chi connectivity index (χ0n) is 44.4. The van der Waals surface area contributed by atoms with Crippen LogP contribution in [-0.2, 0) is 62.0 Å². The number of ether oxygens (including phenoxy) is 6. The molecule has 72 heavy (non-hydrogen) atoms. The minimum atomic E-state index is -1.29. The summed E-state index contributed by atoms with van der Waals surface area (Å²) in [5.41, 5.74) is 3.13. The van der Waals surface area contributed by atoms with Crippen LogP contribution < -0.4 is 26.2 Å². The van der Waals surface area contributed by atoms with Gasteiger partial charge in [-0.05, 0) is 80.1 Å². The van der Waals surface area contributed by atoms with Gasteiger partial charge in [0, 0.05) is 50.7 Å². The number of carbonyl (C=O) groups is 7. The van der Waals surface area contributed by atoms with Crippen LogP contribution in [0.4, 0.5) is 0 Å². The quantitative estimate of drug-likeness (QED) is 0.0183. The van der Waals surface area contributed by atoms with Gasteiger partial charge in [0.25, 0.3) is 0 Å². The molecule has 2 fully saturated rings. The lowest BCUT2D eigenvalue weighted by atomic mass is 10.0. The third-order valence-corrected chi connectivity index (χ3v) is 12.2. The van der Waals surface area contributed by atoms with Gasteiger partial charge in [0.1, 0.15) is 40.6 Å². The number of rotatable bonds is 43. The van der Waals surface area contributed by atoms with Crippen molar-refractivity contribution < 1.29 is 67.1 Å². The summed E-state index contributed by atoms with van der Waals surface area (Å²) in [6, 6.07) is 0. The van der Waals surface area contributed by atoms with Crippen molar-refractivity contribution in [1.82, 2.24) is 26.2 Å². The maximum atomic E-state index is 13.3. The molecule has 2 saturated carbocycles. The number of carbonyl (C=O) groups excluding carboxylic acids is 6. The van der Waals surface area contributed by atoms with E-state index in [4.69, 9.17) is 34.0 Å². The Hall–Kier alpha value is -4.56. The first-order chi connectivity index (χ1) is 34.2. The van der Waals surface area contributed by atoms with Crippen LogP contribution in [0.1, 0.15) is 176 Å². The molecule has 0 aromatic carbocycles. The molecule has 2 aliphatic carbocycles. The molecule has 0 saturated heterocycles. The van der Waals surface area contributed by atoms with Crippen LogP contribution in [0.2, 0.25) is 0 Å². The molecule has 6 N–H and O–H groups in total. The van der Waals surface area contributed by atoms with E-state index < -0.39 is 34.2 Å². The van der Waals surface area contributed by atoms with E-state index >= 15 is 0 Å².